The van der Waals surface area contributed by atoms with Gasteiger partial charge in [-0.2, -0.15) is 0 Å². The first-order chi connectivity index (χ1) is 12.3. The second kappa shape index (κ2) is 8.00. The van der Waals surface area contributed by atoms with E-state index in [0.29, 0.717) is 6.61 Å². The number of halogens is 2. The van der Waals surface area contributed by atoms with Gasteiger partial charge in [0.05, 0.1) is 5.92 Å². The second-order valence-corrected chi connectivity index (χ2v) is 11.7. The average molecular weight is 572 g/mol. The fourth-order valence-corrected chi connectivity index (χ4v) is 4.36. The number of carbonyl (C=O) groups is 1. The molecule has 0 amide bonds. The van der Waals surface area contributed by atoms with E-state index in [1.807, 2.05) is 30.3 Å². The minimum atomic E-state index is -0.0881. The first kappa shape index (κ1) is 19.9. The third-order valence-corrected chi connectivity index (χ3v) is 6.09. The van der Waals surface area contributed by atoms with Gasteiger partial charge in [-0.05, 0) is 85.7 Å². The Hall–Kier alpha value is -0.890. The highest BCUT2D eigenvalue weighted by Gasteiger charge is 2.61. The van der Waals surface area contributed by atoms with Gasteiger partial charge in [0.1, 0.15) is 6.61 Å². The smallest absolute Gasteiger partial charge is 0.310 e. The zero-order chi connectivity index (χ0) is 18.9. The Bertz CT molecular complexity index is 836. The summed E-state index contributed by atoms with van der Waals surface area (Å²) < 4.78 is 6.89. The molecule has 0 bridgehead atoms. The van der Waals surface area contributed by atoms with Crippen molar-refractivity contribution in [2.75, 3.05) is 0 Å². The number of esters is 1. The molecule has 0 saturated heterocycles. The number of hydrogen-bond donors (Lipinski definition) is 0. The summed E-state index contributed by atoms with van der Waals surface area (Å²) in [5.74, 6) is 0.144. The normalized spacial score (nSPS) is 20.3. The van der Waals surface area contributed by atoms with Crippen molar-refractivity contribution in [1.29, 1.82) is 0 Å². The molecule has 4 heteroatoms. The number of carbonyl (C=O) groups excluding carboxylic acids is 1. The van der Waals surface area contributed by atoms with E-state index < -0.39 is 0 Å². The minimum absolute atomic E-state index is 0.0143. The highest BCUT2D eigenvalue weighted by atomic mass is 127. The Morgan fingerprint density at radius 1 is 1.12 bits per heavy atom. The average Bonchev–Trinajstić information content (AvgIpc) is 3.14. The maximum atomic E-state index is 12.6. The van der Waals surface area contributed by atoms with Gasteiger partial charge in [0.15, 0.2) is 0 Å². The van der Waals surface area contributed by atoms with Crippen LogP contribution in [0.4, 0.5) is 0 Å². The molecule has 1 fully saturated rings. The van der Waals surface area contributed by atoms with Crippen molar-refractivity contribution in [2.24, 2.45) is 17.3 Å². The summed E-state index contributed by atoms with van der Waals surface area (Å²) in [6.45, 7) is 6.70. The van der Waals surface area contributed by atoms with Gasteiger partial charge >= 0.3 is 5.97 Å². The molecule has 2 atom stereocenters. The molecule has 0 aliphatic heterocycles. The monoisotopic (exact) mass is 572 g/mol. The van der Waals surface area contributed by atoms with E-state index in [0.717, 1.165) is 5.56 Å². The van der Waals surface area contributed by atoms with Crippen LogP contribution in [0.3, 0.4) is 0 Å². The molecule has 0 aromatic heterocycles. The standard InChI is InChI=1S/C22H22I2O2/c1-14-16(10-7-11-17(14)15-8-5-4-6-9-15)13-26-21(25)20-18(12-19(23)24)22(20,2)3/h4-12,18,20H,13H2,1-3H3/t18-,20-/m0/s1. The molecule has 0 heterocycles. The van der Waals surface area contributed by atoms with Gasteiger partial charge in [-0.3, -0.25) is 4.79 Å². The summed E-state index contributed by atoms with van der Waals surface area (Å²) in [6.07, 6.45) is 2.17. The summed E-state index contributed by atoms with van der Waals surface area (Å²) in [4.78, 5) is 12.6. The van der Waals surface area contributed by atoms with Crippen LogP contribution in [0, 0.1) is 24.2 Å². The van der Waals surface area contributed by atoms with E-state index in [2.05, 4.69) is 90.2 Å². The third kappa shape index (κ3) is 4.16. The van der Waals surface area contributed by atoms with E-state index in [1.165, 1.54) is 18.3 Å². The summed E-state index contributed by atoms with van der Waals surface area (Å²) >= 11 is 4.58. The van der Waals surface area contributed by atoms with Crippen LogP contribution in [0.2, 0.25) is 0 Å². The van der Waals surface area contributed by atoms with Gasteiger partial charge in [-0.15, -0.1) is 0 Å². The van der Waals surface area contributed by atoms with Crippen LogP contribution >= 0.6 is 45.2 Å². The molecule has 2 aromatic carbocycles. The summed E-state index contributed by atoms with van der Waals surface area (Å²) in [7, 11) is 0. The summed E-state index contributed by atoms with van der Waals surface area (Å²) in [5, 5.41) is 0. The van der Waals surface area contributed by atoms with E-state index in [4.69, 9.17) is 4.74 Å². The van der Waals surface area contributed by atoms with Crippen LogP contribution in [0.1, 0.15) is 25.0 Å². The molecule has 0 spiro atoms. The van der Waals surface area contributed by atoms with Crippen molar-refractivity contribution in [2.45, 2.75) is 27.4 Å². The Morgan fingerprint density at radius 2 is 1.81 bits per heavy atom. The van der Waals surface area contributed by atoms with Crippen LogP contribution in [-0.4, -0.2) is 5.97 Å². The summed E-state index contributed by atoms with van der Waals surface area (Å²) in [6, 6.07) is 16.5. The second-order valence-electron chi connectivity index (χ2n) is 7.34. The molecular formula is C22H22I2O2. The maximum Gasteiger partial charge on any atom is 0.310 e. The lowest BCUT2D eigenvalue weighted by molar-refractivity contribution is -0.147. The van der Waals surface area contributed by atoms with Crippen molar-refractivity contribution in [3.8, 4) is 11.1 Å². The number of ether oxygens (including phenoxy) is 1. The van der Waals surface area contributed by atoms with Crippen LogP contribution in [0.5, 0.6) is 0 Å². The Labute approximate surface area is 182 Å². The predicted molar refractivity (Wildman–Crippen MR) is 123 cm³/mol. The van der Waals surface area contributed by atoms with Crippen molar-refractivity contribution < 1.29 is 9.53 Å². The quantitative estimate of drug-likeness (QED) is 0.295. The van der Waals surface area contributed by atoms with Gasteiger partial charge in [0.25, 0.3) is 0 Å². The lowest BCUT2D eigenvalue weighted by Gasteiger charge is -2.12. The first-order valence-corrected chi connectivity index (χ1v) is 10.8. The highest BCUT2D eigenvalue weighted by molar-refractivity contribution is 14.2. The molecule has 2 aromatic rings. The molecule has 26 heavy (non-hydrogen) atoms. The Kier molecular flexibility index (Phi) is 6.11. The molecule has 1 saturated carbocycles. The molecule has 1 aliphatic carbocycles. The van der Waals surface area contributed by atoms with Gasteiger partial charge in [-0.25, -0.2) is 0 Å². The predicted octanol–water partition coefficient (Wildman–Crippen LogP) is 6.69. The van der Waals surface area contributed by atoms with Crippen molar-refractivity contribution >= 4 is 51.2 Å². The molecule has 1 aliphatic rings. The van der Waals surface area contributed by atoms with Gasteiger partial charge in [0, 0.05) is 1.59 Å². The number of hydrogen-bond acceptors (Lipinski definition) is 2. The zero-order valence-corrected chi connectivity index (χ0v) is 19.4. The summed E-state index contributed by atoms with van der Waals surface area (Å²) in [5.41, 5.74) is 4.59. The highest BCUT2D eigenvalue weighted by Crippen LogP contribution is 2.60. The largest absolute Gasteiger partial charge is 0.461 e. The van der Waals surface area contributed by atoms with Crippen molar-refractivity contribution in [3.05, 3.63) is 67.3 Å². The molecule has 0 radical (unpaired) electrons. The Morgan fingerprint density at radius 3 is 2.46 bits per heavy atom. The molecule has 3 rings (SSSR count). The number of rotatable bonds is 5. The van der Waals surface area contributed by atoms with Crippen LogP contribution in [0.25, 0.3) is 11.1 Å². The van der Waals surface area contributed by atoms with Crippen LogP contribution in [0.15, 0.2) is 56.2 Å². The molecule has 2 nitrogen and oxygen atoms in total. The van der Waals surface area contributed by atoms with E-state index >= 15 is 0 Å². The van der Waals surface area contributed by atoms with Gasteiger partial charge < -0.3 is 4.74 Å². The van der Waals surface area contributed by atoms with Gasteiger partial charge in [-0.1, -0.05) is 68.5 Å². The Balaban J connectivity index is 1.71. The fourth-order valence-electron chi connectivity index (χ4n) is 3.58. The topological polar surface area (TPSA) is 26.3 Å². The van der Waals surface area contributed by atoms with E-state index in [-0.39, 0.29) is 23.2 Å². The number of benzene rings is 2. The number of allylic oxidation sites excluding steroid dienone is 1. The van der Waals surface area contributed by atoms with Gasteiger partial charge in [0.2, 0.25) is 0 Å². The molecule has 0 unspecified atom stereocenters. The lowest BCUT2D eigenvalue weighted by atomic mass is 9.97. The SMILES string of the molecule is Cc1c(COC(=O)[C@@H]2[C@H](C=C(I)I)C2(C)C)cccc1-c1ccccc1. The molecule has 136 valence electrons. The van der Waals surface area contributed by atoms with Crippen LogP contribution < -0.4 is 0 Å². The van der Waals surface area contributed by atoms with E-state index in [9.17, 15) is 4.79 Å². The lowest BCUT2D eigenvalue weighted by Crippen LogP contribution is -2.11. The zero-order valence-electron chi connectivity index (χ0n) is 15.1. The van der Waals surface area contributed by atoms with E-state index in [1.54, 1.807) is 0 Å². The third-order valence-electron chi connectivity index (χ3n) is 5.37. The first-order valence-electron chi connectivity index (χ1n) is 8.65. The maximum absolute atomic E-state index is 12.6. The molecular weight excluding hydrogens is 550 g/mol. The minimum Gasteiger partial charge on any atom is -0.461 e. The van der Waals surface area contributed by atoms with Crippen LogP contribution in [-0.2, 0) is 16.1 Å². The van der Waals surface area contributed by atoms with Crippen molar-refractivity contribution in [1.82, 2.24) is 0 Å². The van der Waals surface area contributed by atoms with Crippen molar-refractivity contribution in [3.63, 3.8) is 0 Å². The fraction of sp³-hybridized carbons (Fsp3) is 0.318. The molecule has 0 N–H and O–H groups in total.